The van der Waals surface area contributed by atoms with Crippen molar-refractivity contribution in [1.82, 2.24) is 15.2 Å². The van der Waals surface area contributed by atoms with E-state index >= 15 is 4.39 Å². The zero-order valence-electron chi connectivity index (χ0n) is 14.6. The molecule has 1 aromatic rings. The van der Waals surface area contributed by atoms with E-state index in [9.17, 15) is 0 Å². The Morgan fingerprint density at radius 2 is 2.20 bits per heavy atom. The largest absolute Gasteiger partial charge is 0.491 e. The minimum absolute atomic E-state index is 0.0499. The van der Waals surface area contributed by atoms with Gasteiger partial charge in [0.25, 0.3) is 0 Å². The number of allylic oxidation sites excluding steroid dienone is 1. The molecule has 2 saturated heterocycles. The molecule has 4 aliphatic rings. The van der Waals surface area contributed by atoms with Gasteiger partial charge in [-0.2, -0.15) is 0 Å². The normalized spacial score (nSPS) is 35.0. The molecule has 1 saturated carbocycles. The molecule has 1 N–H and O–H groups in total. The van der Waals surface area contributed by atoms with Crippen molar-refractivity contribution in [3.8, 4) is 0 Å². The lowest BCUT2D eigenvalue weighted by molar-refractivity contribution is 0.0247. The van der Waals surface area contributed by atoms with Crippen molar-refractivity contribution in [2.24, 2.45) is 5.92 Å². The van der Waals surface area contributed by atoms with E-state index in [1.807, 2.05) is 18.3 Å². The highest BCUT2D eigenvalue weighted by atomic mass is 19.1. The molecule has 0 spiro atoms. The van der Waals surface area contributed by atoms with Crippen LogP contribution in [-0.4, -0.2) is 54.4 Å². The van der Waals surface area contributed by atoms with Gasteiger partial charge in [0.1, 0.15) is 11.9 Å². The number of pyridine rings is 1. The number of fused-ring (bicyclic) bond motifs is 3. The predicted octanol–water partition coefficient (Wildman–Crippen LogP) is 2.72. The van der Waals surface area contributed by atoms with Gasteiger partial charge >= 0.3 is 0 Å². The van der Waals surface area contributed by atoms with Gasteiger partial charge in [0.2, 0.25) is 0 Å². The monoisotopic (exact) mass is 343 g/mol. The molecule has 134 valence electrons. The molecule has 3 atom stereocenters. The maximum Gasteiger partial charge on any atom is 0.175 e. The molecular weight excluding hydrogens is 317 g/mol. The standard InChI is InChI=1S/C20H26FN3O/c21-20-10-18(20)17-12-23-6-2-15(17)9-19(20)25-16-3-7-24(8-4-16)13-14-1-5-22-11-14/h2,6,9,12,14,16,18,22H,1,3-5,7-8,10-11,13H2. The third-order valence-corrected chi connectivity index (χ3v) is 6.36. The van der Waals surface area contributed by atoms with Crippen LogP contribution in [0.4, 0.5) is 4.39 Å². The van der Waals surface area contributed by atoms with Crippen LogP contribution in [-0.2, 0) is 4.74 Å². The first kappa shape index (κ1) is 15.8. The van der Waals surface area contributed by atoms with E-state index in [0.717, 1.165) is 56.1 Å². The summed E-state index contributed by atoms with van der Waals surface area (Å²) in [5.41, 5.74) is 0.840. The number of ether oxygens (including phenoxy) is 1. The molecule has 3 heterocycles. The molecule has 4 nitrogen and oxygen atoms in total. The zero-order chi connectivity index (χ0) is 16.9. The van der Waals surface area contributed by atoms with Gasteiger partial charge in [0.15, 0.2) is 5.67 Å². The fourth-order valence-corrected chi connectivity index (χ4v) is 4.72. The first-order valence-corrected chi connectivity index (χ1v) is 9.67. The average Bonchev–Trinajstić information content (AvgIpc) is 3.09. The summed E-state index contributed by atoms with van der Waals surface area (Å²) in [6, 6.07) is 1.97. The molecule has 1 aromatic heterocycles. The number of hydrogen-bond donors (Lipinski definition) is 1. The maximum atomic E-state index is 15.2. The van der Waals surface area contributed by atoms with Crippen LogP contribution in [0.2, 0.25) is 0 Å². The van der Waals surface area contributed by atoms with Crippen LogP contribution in [0.5, 0.6) is 0 Å². The molecule has 5 rings (SSSR count). The summed E-state index contributed by atoms with van der Waals surface area (Å²) in [7, 11) is 0. The molecule has 0 bridgehead atoms. The summed E-state index contributed by atoms with van der Waals surface area (Å²) in [4.78, 5) is 6.70. The second-order valence-corrected chi connectivity index (χ2v) is 8.11. The van der Waals surface area contributed by atoms with Crippen LogP contribution in [0.3, 0.4) is 0 Å². The third kappa shape index (κ3) is 2.87. The number of hydrogen-bond acceptors (Lipinski definition) is 4. The van der Waals surface area contributed by atoms with Gasteiger partial charge in [0.05, 0.1) is 0 Å². The van der Waals surface area contributed by atoms with Gasteiger partial charge in [-0.25, -0.2) is 4.39 Å². The van der Waals surface area contributed by atoms with Crippen LogP contribution in [0, 0.1) is 5.92 Å². The Morgan fingerprint density at radius 3 is 3.00 bits per heavy atom. The number of alkyl halides is 1. The summed E-state index contributed by atoms with van der Waals surface area (Å²) in [5, 5.41) is 3.44. The predicted molar refractivity (Wildman–Crippen MR) is 94.9 cm³/mol. The highest BCUT2D eigenvalue weighted by Gasteiger charge is 2.63. The van der Waals surface area contributed by atoms with Gasteiger partial charge in [-0.3, -0.25) is 4.98 Å². The second-order valence-electron chi connectivity index (χ2n) is 8.11. The topological polar surface area (TPSA) is 37.4 Å². The van der Waals surface area contributed by atoms with Crippen molar-refractivity contribution in [2.45, 2.75) is 43.4 Å². The Kier molecular flexibility index (Phi) is 3.82. The molecular formula is C20H26FN3O. The van der Waals surface area contributed by atoms with E-state index in [-0.39, 0.29) is 12.0 Å². The Bertz CT molecular complexity index is 679. The quantitative estimate of drug-likeness (QED) is 0.912. The van der Waals surface area contributed by atoms with Crippen LogP contribution in [0.25, 0.3) is 6.08 Å². The van der Waals surface area contributed by atoms with Gasteiger partial charge < -0.3 is 15.0 Å². The minimum Gasteiger partial charge on any atom is -0.491 e. The van der Waals surface area contributed by atoms with Gasteiger partial charge in [-0.15, -0.1) is 0 Å². The average molecular weight is 343 g/mol. The number of aromatic nitrogens is 1. The highest BCUT2D eigenvalue weighted by Crippen LogP contribution is 2.62. The van der Waals surface area contributed by atoms with E-state index in [4.69, 9.17) is 4.74 Å². The second kappa shape index (κ2) is 6.06. The van der Waals surface area contributed by atoms with Crippen molar-refractivity contribution in [1.29, 1.82) is 0 Å². The maximum absolute atomic E-state index is 15.2. The lowest BCUT2D eigenvalue weighted by Crippen LogP contribution is -2.40. The molecule has 0 radical (unpaired) electrons. The van der Waals surface area contributed by atoms with Gasteiger partial charge in [-0.1, -0.05) is 0 Å². The SMILES string of the molecule is FC12CC1c1cnccc1C=C2OC1CCN(CC2CCNC2)CC1. The fraction of sp³-hybridized carbons (Fsp3) is 0.650. The van der Waals surface area contributed by atoms with E-state index in [1.54, 1.807) is 6.20 Å². The van der Waals surface area contributed by atoms with E-state index in [2.05, 4.69) is 15.2 Å². The fourth-order valence-electron chi connectivity index (χ4n) is 4.72. The molecule has 25 heavy (non-hydrogen) atoms. The first-order valence-electron chi connectivity index (χ1n) is 9.67. The summed E-state index contributed by atoms with van der Waals surface area (Å²) in [5.74, 6) is 1.31. The van der Waals surface area contributed by atoms with Crippen LogP contribution in [0.1, 0.15) is 42.7 Å². The lowest BCUT2D eigenvalue weighted by Gasteiger charge is -2.35. The first-order chi connectivity index (χ1) is 12.2. The van der Waals surface area contributed by atoms with Crippen molar-refractivity contribution in [3.05, 3.63) is 35.3 Å². The molecule has 3 unspecified atom stereocenters. The molecule has 2 aliphatic carbocycles. The lowest BCUT2D eigenvalue weighted by atomic mass is 9.96. The number of nitrogens with zero attached hydrogens (tertiary/aromatic N) is 2. The van der Waals surface area contributed by atoms with Crippen LogP contribution in [0.15, 0.2) is 24.2 Å². The minimum atomic E-state index is -1.28. The van der Waals surface area contributed by atoms with Crippen molar-refractivity contribution in [2.75, 3.05) is 32.7 Å². The van der Waals surface area contributed by atoms with Crippen molar-refractivity contribution in [3.63, 3.8) is 0 Å². The summed E-state index contributed by atoms with van der Waals surface area (Å²) in [6.07, 6.45) is 9.50. The van der Waals surface area contributed by atoms with Crippen molar-refractivity contribution >= 4 is 6.08 Å². The molecule has 5 heteroatoms. The van der Waals surface area contributed by atoms with E-state index < -0.39 is 5.67 Å². The molecule has 2 aliphatic heterocycles. The summed E-state index contributed by atoms with van der Waals surface area (Å²) < 4.78 is 21.3. The Hall–Kier alpha value is -1.46. The smallest absolute Gasteiger partial charge is 0.175 e. The van der Waals surface area contributed by atoms with E-state index in [1.165, 1.54) is 13.0 Å². The summed E-state index contributed by atoms with van der Waals surface area (Å²) in [6.45, 7) is 5.64. The number of piperidine rings is 1. The van der Waals surface area contributed by atoms with Crippen LogP contribution >= 0.6 is 0 Å². The third-order valence-electron chi connectivity index (χ3n) is 6.36. The Labute approximate surface area is 148 Å². The highest BCUT2D eigenvalue weighted by molar-refractivity contribution is 5.66. The Balaban J connectivity index is 1.21. The number of halogens is 1. The number of nitrogens with one attached hydrogen (secondary N) is 1. The van der Waals surface area contributed by atoms with Gasteiger partial charge in [-0.05, 0) is 68.0 Å². The molecule has 0 aromatic carbocycles. The number of rotatable bonds is 4. The van der Waals surface area contributed by atoms with Crippen LogP contribution < -0.4 is 5.32 Å². The Morgan fingerprint density at radius 1 is 1.32 bits per heavy atom. The number of likely N-dealkylation sites (tertiary alicyclic amines) is 1. The van der Waals surface area contributed by atoms with Crippen molar-refractivity contribution < 1.29 is 9.13 Å². The molecule has 3 fully saturated rings. The molecule has 0 amide bonds. The summed E-state index contributed by atoms with van der Waals surface area (Å²) >= 11 is 0. The van der Waals surface area contributed by atoms with Gasteiger partial charge in [0, 0.05) is 37.9 Å². The van der Waals surface area contributed by atoms with E-state index in [0.29, 0.717) is 12.2 Å². The zero-order valence-corrected chi connectivity index (χ0v) is 14.6.